The number of nitrogens with one attached hydrogen (secondary N) is 1. The van der Waals surface area contributed by atoms with Crippen LogP contribution in [0, 0.1) is 0 Å². The van der Waals surface area contributed by atoms with Crippen LogP contribution in [0.15, 0.2) is 30.3 Å². The number of rotatable bonds is 6. The third-order valence-electron chi connectivity index (χ3n) is 2.46. The smallest absolute Gasteiger partial charge is 0.303 e. The molecule has 0 heterocycles. The zero-order valence-electron chi connectivity index (χ0n) is 9.85. The van der Waals surface area contributed by atoms with Crippen LogP contribution in [-0.4, -0.2) is 17.0 Å². The summed E-state index contributed by atoms with van der Waals surface area (Å²) >= 11 is 0. The average molecular weight is 235 g/mol. The quantitative estimate of drug-likeness (QED) is 0.793. The van der Waals surface area contributed by atoms with E-state index < -0.39 is 5.97 Å². The Morgan fingerprint density at radius 3 is 2.47 bits per heavy atom. The first-order chi connectivity index (χ1) is 8.09. The molecule has 4 heteroatoms. The molecule has 0 aliphatic carbocycles. The van der Waals surface area contributed by atoms with E-state index in [4.69, 9.17) is 5.11 Å². The number of carbonyl (C=O) groups excluding carboxylic acids is 1. The Kier molecular flexibility index (Phi) is 5.20. The Hall–Kier alpha value is -1.84. The highest BCUT2D eigenvalue weighted by Crippen LogP contribution is 2.19. The lowest BCUT2D eigenvalue weighted by atomic mass is 10.0. The Labute approximate surface area is 101 Å². The SMILES string of the molecule is CC(=O)NC(CCCC(=O)O)c1ccccc1. The lowest BCUT2D eigenvalue weighted by Crippen LogP contribution is -2.26. The molecule has 2 N–H and O–H groups in total. The zero-order valence-corrected chi connectivity index (χ0v) is 9.85. The molecule has 0 saturated heterocycles. The van der Waals surface area contributed by atoms with E-state index >= 15 is 0 Å². The van der Waals surface area contributed by atoms with Crippen LogP contribution in [0.5, 0.6) is 0 Å². The summed E-state index contributed by atoms with van der Waals surface area (Å²) in [6.45, 7) is 1.47. The van der Waals surface area contributed by atoms with E-state index in [-0.39, 0.29) is 18.4 Å². The Bertz CT molecular complexity index is 376. The Morgan fingerprint density at radius 1 is 1.29 bits per heavy atom. The highest BCUT2D eigenvalue weighted by molar-refractivity contribution is 5.73. The van der Waals surface area contributed by atoms with Crippen molar-refractivity contribution in [1.29, 1.82) is 0 Å². The minimum Gasteiger partial charge on any atom is -0.481 e. The fraction of sp³-hybridized carbons (Fsp3) is 0.385. The molecule has 1 unspecified atom stereocenters. The average Bonchev–Trinajstić information content (AvgIpc) is 2.28. The Morgan fingerprint density at radius 2 is 1.94 bits per heavy atom. The lowest BCUT2D eigenvalue weighted by molar-refractivity contribution is -0.137. The van der Waals surface area contributed by atoms with Crippen molar-refractivity contribution in [3.63, 3.8) is 0 Å². The number of hydrogen-bond acceptors (Lipinski definition) is 2. The third kappa shape index (κ3) is 5.15. The number of carboxylic acid groups (broad SMARTS) is 1. The van der Waals surface area contributed by atoms with E-state index in [9.17, 15) is 9.59 Å². The number of amides is 1. The van der Waals surface area contributed by atoms with Crippen LogP contribution in [0.2, 0.25) is 0 Å². The molecule has 0 aromatic heterocycles. The molecule has 0 saturated carbocycles. The molecular weight excluding hydrogens is 218 g/mol. The summed E-state index contributed by atoms with van der Waals surface area (Å²) in [7, 11) is 0. The molecule has 1 rings (SSSR count). The van der Waals surface area contributed by atoms with Gasteiger partial charge in [0.2, 0.25) is 5.91 Å². The van der Waals surface area contributed by atoms with Crippen LogP contribution in [0.1, 0.15) is 37.8 Å². The van der Waals surface area contributed by atoms with Crippen molar-refractivity contribution in [2.24, 2.45) is 0 Å². The van der Waals surface area contributed by atoms with Gasteiger partial charge in [0.05, 0.1) is 6.04 Å². The zero-order chi connectivity index (χ0) is 12.7. The van der Waals surface area contributed by atoms with Gasteiger partial charge in [-0.1, -0.05) is 30.3 Å². The van der Waals surface area contributed by atoms with Crippen LogP contribution in [-0.2, 0) is 9.59 Å². The Balaban J connectivity index is 2.61. The van der Waals surface area contributed by atoms with Gasteiger partial charge in [-0.3, -0.25) is 9.59 Å². The maximum atomic E-state index is 11.1. The van der Waals surface area contributed by atoms with Gasteiger partial charge in [0, 0.05) is 13.3 Å². The fourth-order valence-electron chi connectivity index (χ4n) is 1.71. The minimum atomic E-state index is -0.806. The van der Waals surface area contributed by atoms with Gasteiger partial charge in [-0.25, -0.2) is 0 Å². The molecule has 0 aliphatic rings. The van der Waals surface area contributed by atoms with Gasteiger partial charge in [0.1, 0.15) is 0 Å². The molecule has 92 valence electrons. The minimum absolute atomic E-state index is 0.103. The van der Waals surface area contributed by atoms with E-state index in [2.05, 4.69) is 5.32 Å². The number of carboxylic acids is 1. The first-order valence-electron chi connectivity index (χ1n) is 5.63. The summed E-state index contributed by atoms with van der Waals surface area (Å²) in [5.41, 5.74) is 1.01. The molecule has 17 heavy (non-hydrogen) atoms. The maximum absolute atomic E-state index is 11.1. The van der Waals surface area contributed by atoms with Crippen LogP contribution in [0.25, 0.3) is 0 Å². The summed E-state index contributed by atoms with van der Waals surface area (Å²) in [4.78, 5) is 21.5. The third-order valence-corrected chi connectivity index (χ3v) is 2.46. The maximum Gasteiger partial charge on any atom is 0.303 e. The predicted molar refractivity (Wildman–Crippen MR) is 64.5 cm³/mol. The molecule has 0 aliphatic heterocycles. The number of hydrogen-bond donors (Lipinski definition) is 2. The van der Waals surface area contributed by atoms with Crippen molar-refractivity contribution in [3.05, 3.63) is 35.9 Å². The lowest BCUT2D eigenvalue weighted by Gasteiger charge is -2.17. The predicted octanol–water partition coefficient (Wildman–Crippen LogP) is 2.12. The largest absolute Gasteiger partial charge is 0.481 e. The summed E-state index contributed by atoms with van der Waals surface area (Å²) < 4.78 is 0. The summed E-state index contributed by atoms with van der Waals surface area (Å²) in [5.74, 6) is -0.909. The van der Waals surface area contributed by atoms with Crippen LogP contribution in [0.3, 0.4) is 0 Å². The number of aliphatic carboxylic acids is 1. The molecule has 0 fully saturated rings. The second kappa shape index (κ2) is 6.68. The molecule has 0 bridgehead atoms. The summed E-state index contributed by atoms with van der Waals surface area (Å²) in [6, 6.07) is 9.48. The molecule has 4 nitrogen and oxygen atoms in total. The van der Waals surface area contributed by atoms with Gasteiger partial charge in [-0.2, -0.15) is 0 Å². The second-order valence-electron chi connectivity index (χ2n) is 3.95. The van der Waals surface area contributed by atoms with E-state index in [0.29, 0.717) is 12.8 Å². The highest BCUT2D eigenvalue weighted by atomic mass is 16.4. The van der Waals surface area contributed by atoms with Crippen molar-refractivity contribution in [2.75, 3.05) is 0 Å². The van der Waals surface area contributed by atoms with E-state index in [1.54, 1.807) is 0 Å². The summed E-state index contributed by atoms with van der Waals surface area (Å²) in [5, 5.41) is 11.4. The normalized spacial score (nSPS) is 11.8. The van der Waals surface area contributed by atoms with Crippen LogP contribution < -0.4 is 5.32 Å². The van der Waals surface area contributed by atoms with Crippen molar-refractivity contribution in [2.45, 2.75) is 32.2 Å². The molecule has 1 aromatic carbocycles. The summed E-state index contributed by atoms with van der Waals surface area (Å²) in [6.07, 6.45) is 1.31. The molecule has 1 atom stereocenters. The van der Waals surface area contributed by atoms with Gasteiger partial charge in [-0.15, -0.1) is 0 Å². The van der Waals surface area contributed by atoms with E-state index in [1.165, 1.54) is 6.92 Å². The second-order valence-corrected chi connectivity index (χ2v) is 3.95. The van der Waals surface area contributed by atoms with Crippen LogP contribution >= 0.6 is 0 Å². The first-order valence-corrected chi connectivity index (χ1v) is 5.63. The van der Waals surface area contributed by atoms with Gasteiger partial charge in [0.25, 0.3) is 0 Å². The van der Waals surface area contributed by atoms with Gasteiger partial charge < -0.3 is 10.4 Å². The van der Waals surface area contributed by atoms with Crippen LogP contribution in [0.4, 0.5) is 0 Å². The topological polar surface area (TPSA) is 66.4 Å². The van der Waals surface area contributed by atoms with Gasteiger partial charge in [-0.05, 0) is 18.4 Å². The first kappa shape index (κ1) is 13.2. The van der Waals surface area contributed by atoms with Gasteiger partial charge >= 0.3 is 5.97 Å². The molecule has 1 amide bonds. The van der Waals surface area contributed by atoms with Gasteiger partial charge in [0.15, 0.2) is 0 Å². The van der Waals surface area contributed by atoms with E-state index in [0.717, 1.165) is 5.56 Å². The molecule has 0 radical (unpaired) electrons. The fourth-order valence-corrected chi connectivity index (χ4v) is 1.71. The highest BCUT2D eigenvalue weighted by Gasteiger charge is 2.12. The molecular formula is C13H17NO3. The van der Waals surface area contributed by atoms with Crippen molar-refractivity contribution in [1.82, 2.24) is 5.32 Å². The molecule has 1 aromatic rings. The number of benzene rings is 1. The number of carbonyl (C=O) groups is 2. The van der Waals surface area contributed by atoms with Crippen molar-refractivity contribution >= 4 is 11.9 Å². The van der Waals surface area contributed by atoms with E-state index in [1.807, 2.05) is 30.3 Å². The van der Waals surface area contributed by atoms with Crippen molar-refractivity contribution < 1.29 is 14.7 Å². The monoisotopic (exact) mass is 235 g/mol. The molecule has 0 spiro atoms. The standard InChI is InChI=1S/C13H17NO3/c1-10(15)14-12(8-5-9-13(16)17)11-6-3-2-4-7-11/h2-4,6-7,12H,5,8-9H2,1H3,(H,14,15)(H,16,17). The van der Waals surface area contributed by atoms with Crippen molar-refractivity contribution in [3.8, 4) is 0 Å².